The van der Waals surface area contributed by atoms with Crippen LogP contribution in [0.4, 0.5) is 10.1 Å². The molecule has 1 aromatic heterocycles. The molecule has 4 aliphatic carbocycles. The fourth-order valence-electron chi connectivity index (χ4n) is 10.0. The van der Waals surface area contributed by atoms with Crippen LogP contribution in [0.3, 0.4) is 0 Å². The minimum absolute atomic E-state index is 0.0252. The highest BCUT2D eigenvalue weighted by molar-refractivity contribution is 6.08. The van der Waals surface area contributed by atoms with Gasteiger partial charge in [-0.25, -0.2) is 4.39 Å². The number of hydrogen-bond acceptors (Lipinski definition) is 6. The van der Waals surface area contributed by atoms with Crippen LogP contribution in [0.15, 0.2) is 77.4 Å². The molecule has 3 saturated carbocycles. The highest BCUT2D eigenvalue weighted by Crippen LogP contribution is 2.68. The number of fused-ring (bicyclic) bond motifs is 6. The van der Waals surface area contributed by atoms with Crippen LogP contribution in [0.2, 0.25) is 0 Å². The first-order chi connectivity index (χ1) is 21.6. The number of benzene rings is 2. The van der Waals surface area contributed by atoms with Crippen LogP contribution in [-0.2, 0) is 11.2 Å². The van der Waals surface area contributed by atoms with E-state index in [9.17, 15) is 19.4 Å². The van der Waals surface area contributed by atoms with Gasteiger partial charge in [-0.3, -0.25) is 14.8 Å². The van der Waals surface area contributed by atoms with Gasteiger partial charge in [-0.1, -0.05) is 43.7 Å². The average Bonchev–Trinajstić information content (AvgIpc) is 3.31. The molecule has 8 unspecified atom stereocenters. The van der Waals surface area contributed by atoms with E-state index in [-0.39, 0.29) is 47.1 Å². The Labute approximate surface area is 264 Å². The fourth-order valence-corrected chi connectivity index (χ4v) is 10.0. The summed E-state index contributed by atoms with van der Waals surface area (Å²) >= 11 is 0. The van der Waals surface area contributed by atoms with Crippen LogP contribution < -0.4 is 0 Å². The van der Waals surface area contributed by atoms with Crippen molar-refractivity contribution in [1.29, 1.82) is 5.41 Å². The summed E-state index contributed by atoms with van der Waals surface area (Å²) in [4.78, 5) is 23.3. The largest absolute Gasteiger partial charge is 0.393 e. The topological polar surface area (TPSA) is 107 Å². The molecule has 2 aromatic carbocycles. The second-order valence-corrected chi connectivity index (χ2v) is 14.4. The third-order valence-corrected chi connectivity index (χ3v) is 12.3. The number of nitrogens with zero attached hydrogens (tertiary/aromatic N) is 2. The van der Waals surface area contributed by atoms with E-state index in [2.05, 4.69) is 18.0 Å². The van der Waals surface area contributed by atoms with Gasteiger partial charge in [-0.2, -0.15) is 0 Å². The van der Waals surface area contributed by atoms with Crippen molar-refractivity contribution < 1.29 is 19.4 Å². The quantitative estimate of drug-likeness (QED) is 0.258. The van der Waals surface area contributed by atoms with Crippen molar-refractivity contribution in [3.05, 3.63) is 84.0 Å². The number of carbonyl (C=O) groups excluding carboxylic acids is 1. The van der Waals surface area contributed by atoms with Crippen molar-refractivity contribution in [2.75, 3.05) is 0 Å². The number of aliphatic hydroxyl groups excluding tert-OH is 1. The number of Topliss-reactive ketones (excluding diaryl/α,β-unsaturated/α-hetero) is 1. The molecular formula is C38H42FN3O3. The maximum absolute atomic E-state index is 14.0. The lowest BCUT2D eigenvalue weighted by Gasteiger charge is -2.61. The summed E-state index contributed by atoms with van der Waals surface area (Å²) < 4.78 is 13.5. The van der Waals surface area contributed by atoms with Crippen molar-refractivity contribution in [3.8, 4) is 0 Å². The van der Waals surface area contributed by atoms with Crippen molar-refractivity contribution in [1.82, 2.24) is 4.98 Å². The minimum Gasteiger partial charge on any atom is -0.393 e. The molecule has 0 amide bonds. The second-order valence-electron chi connectivity index (χ2n) is 14.4. The molecule has 8 atom stereocenters. The number of carbonyl (C=O) groups is 1. The lowest BCUT2D eigenvalue weighted by atomic mass is 9.44. The van der Waals surface area contributed by atoms with E-state index in [0.717, 1.165) is 41.4 Å². The Kier molecular flexibility index (Phi) is 7.40. The van der Waals surface area contributed by atoms with Crippen LogP contribution in [0.1, 0.15) is 64.5 Å². The van der Waals surface area contributed by atoms with Crippen LogP contribution in [-0.4, -0.2) is 44.6 Å². The van der Waals surface area contributed by atoms with Gasteiger partial charge in [0.1, 0.15) is 11.4 Å². The summed E-state index contributed by atoms with van der Waals surface area (Å²) in [5.41, 5.74) is 1.07. The number of nitrogens with one attached hydrogen (secondary N) is 1. The smallest absolute Gasteiger partial charge is 0.165 e. The first kappa shape index (κ1) is 30.1. The molecule has 3 aromatic rings. The standard InChI is InChI=1S/C38H42FN3O3/c1-36-20-24(22-40)32(42-27-10-8-26(39)9-11-27)19-25(36)7-12-29-30-15-17-38(45,37(30,2)21-33(43)35(29)36)34(44)14-13-31-28-6-4-3-5-23(28)16-18-41-31/h3-6,8-11,16,18-19,22,24,29-30,33,35,40,43,45H,7,12-15,17,20-21H2,1-2H3. The van der Waals surface area contributed by atoms with E-state index < -0.39 is 17.1 Å². The number of halogens is 1. The van der Waals surface area contributed by atoms with Gasteiger partial charge in [0, 0.05) is 47.0 Å². The maximum Gasteiger partial charge on any atom is 0.165 e. The Bertz CT molecular complexity index is 1710. The number of rotatable bonds is 6. The first-order valence-electron chi connectivity index (χ1n) is 16.4. The summed E-state index contributed by atoms with van der Waals surface area (Å²) in [6.45, 7) is 4.27. The molecule has 3 fully saturated rings. The van der Waals surface area contributed by atoms with Crippen LogP contribution in [0.25, 0.3) is 10.8 Å². The molecule has 45 heavy (non-hydrogen) atoms. The number of ketones is 1. The summed E-state index contributed by atoms with van der Waals surface area (Å²) in [6, 6.07) is 16.1. The Morgan fingerprint density at radius 1 is 1.11 bits per heavy atom. The van der Waals surface area contributed by atoms with Crippen molar-refractivity contribution in [3.63, 3.8) is 0 Å². The van der Waals surface area contributed by atoms with E-state index in [1.165, 1.54) is 23.9 Å². The van der Waals surface area contributed by atoms with Gasteiger partial charge in [0.15, 0.2) is 5.78 Å². The minimum atomic E-state index is -1.48. The summed E-state index contributed by atoms with van der Waals surface area (Å²) in [6.07, 6.45) is 9.31. The molecule has 7 heteroatoms. The third-order valence-electron chi connectivity index (χ3n) is 12.3. The van der Waals surface area contributed by atoms with Crippen LogP contribution in [0, 0.1) is 45.7 Å². The van der Waals surface area contributed by atoms with Crippen LogP contribution >= 0.6 is 0 Å². The summed E-state index contributed by atoms with van der Waals surface area (Å²) in [5, 5.41) is 34.6. The van der Waals surface area contributed by atoms with E-state index in [1.54, 1.807) is 18.3 Å². The predicted molar refractivity (Wildman–Crippen MR) is 174 cm³/mol. The lowest BCUT2D eigenvalue weighted by Crippen LogP contribution is -2.62. The first-order valence-corrected chi connectivity index (χ1v) is 16.4. The SMILES string of the molecule is CC12CC(C=N)C(=Nc3ccc(F)cc3)C=C1CCC1C2C(O)CC2(C)C1CCC2(O)C(=O)CCc1nccc2ccccc12. The maximum atomic E-state index is 14.0. The fraction of sp³-hybridized carbons (Fsp3) is 0.474. The van der Waals surface area contributed by atoms with E-state index >= 15 is 0 Å². The Morgan fingerprint density at radius 3 is 2.67 bits per heavy atom. The number of aliphatic imine (C=N–C) groups is 1. The van der Waals surface area contributed by atoms with Gasteiger partial charge in [0.05, 0.1) is 11.8 Å². The number of aliphatic hydroxyl groups is 2. The van der Waals surface area contributed by atoms with Gasteiger partial charge in [0.2, 0.25) is 0 Å². The molecule has 3 N–H and O–H groups in total. The van der Waals surface area contributed by atoms with Crippen molar-refractivity contribution in [2.45, 2.75) is 76.9 Å². The monoisotopic (exact) mass is 607 g/mol. The number of aryl methyl sites for hydroxylation is 1. The molecule has 0 radical (unpaired) electrons. The summed E-state index contributed by atoms with van der Waals surface area (Å²) in [5.74, 6) is -0.392. The number of pyridine rings is 1. The number of allylic oxidation sites excluding steroid dienone is 2. The zero-order valence-electron chi connectivity index (χ0n) is 26.0. The molecule has 234 valence electrons. The Morgan fingerprint density at radius 2 is 1.89 bits per heavy atom. The zero-order valence-corrected chi connectivity index (χ0v) is 26.0. The average molecular weight is 608 g/mol. The molecular weight excluding hydrogens is 565 g/mol. The molecule has 7 rings (SSSR count). The molecule has 0 spiro atoms. The van der Waals surface area contributed by atoms with Crippen molar-refractivity contribution in [2.24, 2.45) is 39.5 Å². The zero-order chi connectivity index (χ0) is 31.6. The van der Waals surface area contributed by atoms with Gasteiger partial charge in [-0.15, -0.1) is 0 Å². The van der Waals surface area contributed by atoms with Gasteiger partial charge in [-0.05, 0) is 110 Å². The van der Waals surface area contributed by atoms with Crippen LogP contribution in [0.5, 0.6) is 0 Å². The van der Waals surface area contributed by atoms with Gasteiger partial charge < -0.3 is 15.6 Å². The lowest BCUT2D eigenvalue weighted by molar-refractivity contribution is -0.180. The normalized spacial score (nSPS) is 36.6. The molecule has 0 aliphatic heterocycles. The second kappa shape index (κ2) is 11.1. The molecule has 0 saturated heterocycles. The molecule has 6 nitrogen and oxygen atoms in total. The molecule has 4 aliphatic rings. The highest BCUT2D eigenvalue weighted by Gasteiger charge is 2.68. The van der Waals surface area contributed by atoms with Gasteiger partial charge >= 0.3 is 0 Å². The van der Waals surface area contributed by atoms with Crippen molar-refractivity contribution >= 4 is 34.2 Å². The number of aromatic nitrogens is 1. The van der Waals surface area contributed by atoms with E-state index in [4.69, 9.17) is 10.4 Å². The molecule has 0 bridgehead atoms. The predicted octanol–water partition coefficient (Wildman–Crippen LogP) is 7.19. The van der Waals surface area contributed by atoms with Gasteiger partial charge in [0.25, 0.3) is 0 Å². The third kappa shape index (κ3) is 4.73. The number of hydrogen-bond donors (Lipinski definition) is 3. The summed E-state index contributed by atoms with van der Waals surface area (Å²) in [7, 11) is 0. The Hall–Kier alpha value is -3.55. The highest BCUT2D eigenvalue weighted by atomic mass is 19.1. The van der Waals surface area contributed by atoms with E-state index in [1.807, 2.05) is 37.3 Å². The van der Waals surface area contributed by atoms with E-state index in [0.29, 0.717) is 31.4 Å². The molecule has 1 heterocycles. The Balaban J connectivity index is 1.14.